The molecule has 9 heavy (non-hydrogen) atoms. The molecule has 15 N–H and O–H groups in total. The molecule has 0 aromatic heterocycles. The van der Waals surface area contributed by atoms with Crippen LogP contribution in [0, 0.1) is 0 Å². The molecule has 0 aliphatic rings. The van der Waals surface area contributed by atoms with Crippen LogP contribution in [-0.4, -0.2) is 0 Å². The van der Waals surface area contributed by atoms with E-state index in [0.29, 0.717) is 0 Å². The molecule has 4 radical (unpaired) electrons. The summed E-state index contributed by atoms with van der Waals surface area (Å²) in [5.41, 5.74) is 0. The van der Waals surface area contributed by atoms with Gasteiger partial charge in [-0.05, 0) is 0 Å². The number of hydrogen-bond acceptors (Lipinski definition) is 5. The summed E-state index contributed by atoms with van der Waals surface area (Å²) in [5.74, 6) is 0. The normalized spacial score (nSPS) is 0. The Morgan fingerprint density at radius 3 is 0.222 bits per heavy atom. The van der Waals surface area contributed by atoms with Gasteiger partial charge in [0, 0.05) is 89.5 Å². The second-order valence-corrected chi connectivity index (χ2v) is 0. The minimum absolute atomic E-state index is 0. The van der Waals surface area contributed by atoms with Crippen LogP contribution in [0.15, 0.2) is 0 Å². The van der Waals surface area contributed by atoms with Gasteiger partial charge in [-0.25, -0.2) is 0 Å². The molecule has 0 aromatic rings. The van der Waals surface area contributed by atoms with Crippen molar-refractivity contribution in [3.63, 3.8) is 0 Å². The zero-order valence-electron chi connectivity index (χ0n) is 5.32. The van der Waals surface area contributed by atoms with Crippen LogP contribution < -0.4 is 30.8 Å². The topological polar surface area (TPSA) is 175 Å². The van der Waals surface area contributed by atoms with Gasteiger partial charge in [0.2, 0.25) is 0 Å². The van der Waals surface area contributed by atoms with Gasteiger partial charge < -0.3 is 30.8 Å². The molecule has 0 fully saturated rings. The second kappa shape index (κ2) is 134. The maximum absolute atomic E-state index is 0. The van der Waals surface area contributed by atoms with E-state index >= 15 is 0 Å². The molecule has 0 amide bonds. The first-order chi connectivity index (χ1) is 0. The van der Waals surface area contributed by atoms with E-state index in [1.54, 1.807) is 0 Å². The molecule has 0 atom stereocenters. The molecule has 0 rings (SSSR count). The van der Waals surface area contributed by atoms with Crippen molar-refractivity contribution in [2.45, 2.75) is 0 Å². The van der Waals surface area contributed by atoms with E-state index < -0.39 is 0 Å². The molecule has 0 saturated heterocycles. The van der Waals surface area contributed by atoms with E-state index in [-0.39, 0.29) is 120 Å². The Morgan fingerprint density at radius 1 is 0.222 bits per heavy atom. The van der Waals surface area contributed by atoms with Gasteiger partial charge in [0.15, 0.2) is 0 Å². The summed E-state index contributed by atoms with van der Waals surface area (Å²) in [4.78, 5) is 0. The quantitative estimate of drug-likeness (QED) is 0.243. The zero-order chi connectivity index (χ0) is 0. The van der Waals surface area contributed by atoms with Crippen LogP contribution in [0.5, 0.6) is 0 Å². The van der Waals surface area contributed by atoms with Gasteiger partial charge in [-0.3, -0.25) is 0 Å². The minimum Gasteiger partial charge on any atom is -0.344 e. The van der Waals surface area contributed by atoms with Crippen molar-refractivity contribution >= 4 is 0 Å². The van der Waals surface area contributed by atoms with Crippen LogP contribution in [0.4, 0.5) is 0 Å². The Morgan fingerprint density at radius 2 is 0.222 bits per heavy atom. The maximum atomic E-state index is 0. The Kier molecular flexibility index (Phi) is 2670. The third-order valence-corrected chi connectivity index (χ3v) is 0. The fourth-order valence-electron chi connectivity index (χ4n) is 0. The van der Waals surface area contributed by atoms with Crippen molar-refractivity contribution < 1.29 is 89.5 Å². The SMILES string of the molecule is N.N.N.N.N.[Ta].[Ta].[Ta].[Ta]. The van der Waals surface area contributed by atoms with E-state index in [0.717, 1.165) is 0 Å². The van der Waals surface area contributed by atoms with Gasteiger partial charge in [-0.2, -0.15) is 0 Å². The summed E-state index contributed by atoms with van der Waals surface area (Å²) < 4.78 is 0. The summed E-state index contributed by atoms with van der Waals surface area (Å²) in [6.07, 6.45) is 0. The molecule has 0 unspecified atom stereocenters. The van der Waals surface area contributed by atoms with E-state index in [9.17, 15) is 0 Å². The van der Waals surface area contributed by atoms with Crippen LogP contribution in [0.25, 0.3) is 0 Å². The molecule has 0 bridgehead atoms. The fraction of sp³-hybridized carbons (Fsp3) is 0. The Bertz CT molecular complexity index is 8.92. The molecule has 0 aliphatic heterocycles. The van der Waals surface area contributed by atoms with E-state index in [2.05, 4.69) is 0 Å². The summed E-state index contributed by atoms with van der Waals surface area (Å²) >= 11 is 0. The predicted octanol–water partition coefficient (Wildman–Crippen LogP) is 0.800. The molecule has 5 nitrogen and oxygen atoms in total. The van der Waals surface area contributed by atoms with Crippen molar-refractivity contribution in [3.05, 3.63) is 0 Å². The maximum Gasteiger partial charge on any atom is 0 e. The summed E-state index contributed by atoms with van der Waals surface area (Å²) in [6.45, 7) is 0. The molecule has 9 heteroatoms. The fourth-order valence-corrected chi connectivity index (χ4v) is 0. The van der Waals surface area contributed by atoms with Gasteiger partial charge in [0.1, 0.15) is 0 Å². The zero-order valence-corrected chi connectivity index (χ0v) is 18.2. The molecular weight excluding hydrogens is 794 g/mol. The summed E-state index contributed by atoms with van der Waals surface area (Å²) in [5, 5.41) is 0. The number of rotatable bonds is 0. The molecular formula is H15N5Ta4. The largest absolute Gasteiger partial charge is 0.344 e. The smallest absolute Gasteiger partial charge is 0 e. The minimum atomic E-state index is 0. The molecule has 0 aromatic carbocycles. The average Bonchev–Trinajstić information content (AvgIpc) is 0. The summed E-state index contributed by atoms with van der Waals surface area (Å²) in [7, 11) is 0. The molecule has 0 aliphatic carbocycles. The molecule has 0 spiro atoms. The predicted molar refractivity (Wildman–Crippen MR) is 25.1 cm³/mol. The Balaban J connectivity index is 0. The monoisotopic (exact) mass is 809 g/mol. The van der Waals surface area contributed by atoms with Crippen LogP contribution in [0.2, 0.25) is 0 Å². The van der Waals surface area contributed by atoms with Crippen molar-refractivity contribution in [1.82, 2.24) is 30.8 Å². The average molecular weight is 809 g/mol. The van der Waals surface area contributed by atoms with Gasteiger partial charge in [-0.15, -0.1) is 0 Å². The van der Waals surface area contributed by atoms with Gasteiger partial charge in [0.05, 0.1) is 0 Å². The van der Waals surface area contributed by atoms with E-state index in [1.807, 2.05) is 0 Å². The van der Waals surface area contributed by atoms with Crippen LogP contribution in [0.3, 0.4) is 0 Å². The number of hydrogen-bond donors (Lipinski definition) is 5. The third kappa shape index (κ3) is 108. The first-order valence-corrected chi connectivity index (χ1v) is 0. The third-order valence-electron chi connectivity index (χ3n) is 0. The van der Waals surface area contributed by atoms with E-state index in [4.69, 9.17) is 0 Å². The van der Waals surface area contributed by atoms with Crippen LogP contribution >= 0.6 is 0 Å². The van der Waals surface area contributed by atoms with Crippen molar-refractivity contribution in [2.24, 2.45) is 0 Å². The van der Waals surface area contributed by atoms with Crippen molar-refractivity contribution in [2.75, 3.05) is 0 Å². The molecule has 60 valence electrons. The second-order valence-electron chi connectivity index (χ2n) is 0. The molecule has 0 heterocycles. The van der Waals surface area contributed by atoms with Gasteiger partial charge >= 0.3 is 0 Å². The van der Waals surface area contributed by atoms with Crippen LogP contribution in [0.1, 0.15) is 0 Å². The standard InChI is InChI=1S/5H3N.4Ta/h5*1H3;;;;. The van der Waals surface area contributed by atoms with Crippen LogP contribution in [-0.2, 0) is 89.5 Å². The van der Waals surface area contributed by atoms with Crippen molar-refractivity contribution in [1.29, 1.82) is 0 Å². The van der Waals surface area contributed by atoms with Gasteiger partial charge in [0.25, 0.3) is 0 Å². The van der Waals surface area contributed by atoms with Crippen molar-refractivity contribution in [3.8, 4) is 0 Å². The molecule has 0 saturated carbocycles. The van der Waals surface area contributed by atoms with E-state index in [1.165, 1.54) is 0 Å². The van der Waals surface area contributed by atoms with Gasteiger partial charge in [-0.1, -0.05) is 0 Å². The Labute approximate surface area is 119 Å². The Hall–Kier alpha value is 2.76. The first kappa shape index (κ1) is 179. The first-order valence-electron chi connectivity index (χ1n) is 0. The summed E-state index contributed by atoms with van der Waals surface area (Å²) in [6, 6.07) is 0.